The summed E-state index contributed by atoms with van der Waals surface area (Å²) in [6.45, 7) is 3.43. The normalized spacial score (nSPS) is 11.6. The molecular weight excluding hydrogens is 248 g/mol. The van der Waals surface area contributed by atoms with Crippen LogP contribution in [0.4, 0.5) is 5.69 Å². The van der Waals surface area contributed by atoms with E-state index in [0.717, 1.165) is 12.2 Å². The summed E-state index contributed by atoms with van der Waals surface area (Å²) in [5.74, 6) is 0.181. The molecule has 0 aliphatic heterocycles. The van der Waals surface area contributed by atoms with Gasteiger partial charge < -0.3 is 10.2 Å². The zero-order valence-corrected chi connectivity index (χ0v) is 12.3. The Balaban J connectivity index is 2.75. The van der Waals surface area contributed by atoms with E-state index >= 15 is 0 Å². The van der Waals surface area contributed by atoms with Crippen LogP contribution in [0.3, 0.4) is 0 Å². The minimum Gasteiger partial charge on any atom is -0.374 e. The molecule has 0 aliphatic carbocycles. The summed E-state index contributed by atoms with van der Waals surface area (Å²) in [7, 11) is 0.931. The minimum atomic E-state index is -2.91. The number of aryl methyl sites for hydroxylation is 1. The van der Waals surface area contributed by atoms with E-state index in [-0.39, 0.29) is 5.75 Å². The molecule has 0 saturated heterocycles. The molecule has 5 heteroatoms. The second kappa shape index (κ2) is 6.20. The summed E-state index contributed by atoms with van der Waals surface area (Å²) >= 11 is 0. The van der Waals surface area contributed by atoms with E-state index in [0.29, 0.717) is 6.54 Å². The fraction of sp³-hybridized carbons (Fsp3) is 0.538. The van der Waals surface area contributed by atoms with E-state index < -0.39 is 9.84 Å². The van der Waals surface area contributed by atoms with Crippen molar-refractivity contribution in [1.82, 2.24) is 5.32 Å². The van der Waals surface area contributed by atoms with Crippen molar-refractivity contribution in [2.75, 3.05) is 37.5 Å². The lowest BCUT2D eigenvalue weighted by atomic mass is 10.1. The SMILES string of the molecule is CNCc1ccc(N(C)CCS(C)(=O)=O)cc1C. The molecule has 0 aromatic heterocycles. The van der Waals surface area contributed by atoms with Gasteiger partial charge in [0, 0.05) is 32.1 Å². The van der Waals surface area contributed by atoms with Gasteiger partial charge in [0.2, 0.25) is 0 Å². The molecule has 0 bridgehead atoms. The van der Waals surface area contributed by atoms with Crippen LogP contribution in [-0.2, 0) is 16.4 Å². The third kappa shape index (κ3) is 4.66. The molecule has 0 heterocycles. The number of anilines is 1. The fourth-order valence-electron chi connectivity index (χ4n) is 1.74. The first kappa shape index (κ1) is 15.0. The molecule has 1 N–H and O–H groups in total. The lowest BCUT2D eigenvalue weighted by molar-refractivity contribution is 0.601. The van der Waals surface area contributed by atoms with Crippen molar-refractivity contribution in [3.63, 3.8) is 0 Å². The second-order valence-corrected chi connectivity index (χ2v) is 6.95. The second-order valence-electron chi connectivity index (χ2n) is 4.69. The molecule has 1 aromatic rings. The highest BCUT2D eigenvalue weighted by molar-refractivity contribution is 7.90. The molecule has 0 aliphatic rings. The molecular formula is C13H22N2O2S. The van der Waals surface area contributed by atoms with Crippen LogP contribution in [0.15, 0.2) is 18.2 Å². The van der Waals surface area contributed by atoms with Crippen molar-refractivity contribution >= 4 is 15.5 Å². The quantitative estimate of drug-likeness (QED) is 0.844. The fourth-order valence-corrected chi connectivity index (χ4v) is 2.34. The first-order chi connectivity index (χ1) is 8.33. The standard InChI is InChI=1S/C13H22N2O2S/c1-11-9-13(6-5-12(11)10-14-2)15(3)7-8-18(4,16)17/h5-6,9,14H,7-8,10H2,1-4H3. The van der Waals surface area contributed by atoms with Crippen molar-refractivity contribution in [3.05, 3.63) is 29.3 Å². The highest BCUT2D eigenvalue weighted by Crippen LogP contribution is 2.18. The number of nitrogens with one attached hydrogen (secondary N) is 1. The van der Waals surface area contributed by atoms with Crippen LogP contribution in [0.25, 0.3) is 0 Å². The number of rotatable bonds is 6. The highest BCUT2D eigenvalue weighted by atomic mass is 32.2. The Morgan fingerprint density at radius 3 is 2.50 bits per heavy atom. The summed E-state index contributed by atoms with van der Waals surface area (Å²) in [5, 5.41) is 3.13. The third-order valence-electron chi connectivity index (χ3n) is 2.93. The van der Waals surface area contributed by atoms with Crippen LogP contribution < -0.4 is 10.2 Å². The molecule has 0 radical (unpaired) electrons. The topological polar surface area (TPSA) is 49.4 Å². The number of hydrogen-bond donors (Lipinski definition) is 1. The molecule has 0 saturated carbocycles. The third-order valence-corrected chi connectivity index (χ3v) is 3.86. The minimum absolute atomic E-state index is 0.181. The number of nitrogens with zero attached hydrogens (tertiary/aromatic N) is 1. The van der Waals surface area contributed by atoms with Crippen LogP contribution in [0.2, 0.25) is 0 Å². The average Bonchev–Trinajstić information content (AvgIpc) is 2.28. The Morgan fingerprint density at radius 1 is 1.33 bits per heavy atom. The molecule has 18 heavy (non-hydrogen) atoms. The van der Waals surface area contributed by atoms with Crippen molar-refractivity contribution in [1.29, 1.82) is 0 Å². The molecule has 102 valence electrons. The lowest BCUT2D eigenvalue weighted by Gasteiger charge is -2.20. The van der Waals surface area contributed by atoms with Gasteiger partial charge in [0.15, 0.2) is 0 Å². The van der Waals surface area contributed by atoms with E-state index in [2.05, 4.69) is 24.4 Å². The Hall–Kier alpha value is -1.07. The first-order valence-corrected chi connectivity index (χ1v) is 8.02. The molecule has 1 aromatic carbocycles. The van der Waals surface area contributed by atoms with Crippen molar-refractivity contribution < 1.29 is 8.42 Å². The maximum atomic E-state index is 11.1. The van der Waals surface area contributed by atoms with Gasteiger partial charge in [0.05, 0.1) is 5.75 Å². The Bertz CT molecular complexity index is 498. The van der Waals surface area contributed by atoms with Crippen molar-refractivity contribution in [3.8, 4) is 0 Å². The van der Waals surface area contributed by atoms with E-state index in [4.69, 9.17) is 0 Å². The zero-order chi connectivity index (χ0) is 13.8. The molecule has 1 rings (SSSR count). The van der Waals surface area contributed by atoms with Gasteiger partial charge in [-0.15, -0.1) is 0 Å². The predicted octanol–water partition coefficient (Wildman–Crippen LogP) is 1.20. The number of sulfone groups is 1. The van der Waals surface area contributed by atoms with E-state index in [1.807, 2.05) is 25.1 Å². The van der Waals surface area contributed by atoms with Gasteiger partial charge in [0.1, 0.15) is 9.84 Å². The van der Waals surface area contributed by atoms with Gasteiger partial charge >= 0.3 is 0 Å². The van der Waals surface area contributed by atoms with E-state index in [1.54, 1.807) is 0 Å². The van der Waals surface area contributed by atoms with Gasteiger partial charge in [-0.2, -0.15) is 0 Å². The highest BCUT2D eigenvalue weighted by Gasteiger charge is 2.07. The largest absolute Gasteiger partial charge is 0.374 e. The van der Waals surface area contributed by atoms with Crippen LogP contribution in [0.5, 0.6) is 0 Å². The predicted molar refractivity (Wildman–Crippen MR) is 76.9 cm³/mol. The van der Waals surface area contributed by atoms with Crippen LogP contribution >= 0.6 is 0 Å². The average molecular weight is 270 g/mol. The molecule has 0 spiro atoms. The van der Waals surface area contributed by atoms with Crippen LogP contribution in [0, 0.1) is 6.92 Å². The van der Waals surface area contributed by atoms with Gasteiger partial charge in [-0.05, 0) is 37.2 Å². The maximum Gasteiger partial charge on any atom is 0.149 e. The van der Waals surface area contributed by atoms with Crippen LogP contribution in [-0.4, -0.2) is 41.1 Å². The molecule has 0 unspecified atom stereocenters. The Kier molecular flexibility index (Phi) is 5.16. The summed E-state index contributed by atoms with van der Waals surface area (Å²) < 4.78 is 22.3. The summed E-state index contributed by atoms with van der Waals surface area (Å²) in [5.41, 5.74) is 3.53. The lowest BCUT2D eigenvalue weighted by Crippen LogP contribution is -2.25. The van der Waals surface area contributed by atoms with Crippen LogP contribution in [0.1, 0.15) is 11.1 Å². The van der Waals surface area contributed by atoms with Crippen molar-refractivity contribution in [2.45, 2.75) is 13.5 Å². The molecule has 0 fully saturated rings. The van der Waals surface area contributed by atoms with Gasteiger partial charge in [-0.1, -0.05) is 6.07 Å². The Morgan fingerprint density at radius 2 is 2.00 bits per heavy atom. The first-order valence-electron chi connectivity index (χ1n) is 5.96. The summed E-state index contributed by atoms with van der Waals surface area (Å²) in [4.78, 5) is 1.97. The molecule has 0 atom stereocenters. The van der Waals surface area contributed by atoms with Crippen molar-refractivity contribution in [2.24, 2.45) is 0 Å². The monoisotopic (exact) mass is 270 g/mol. The maximum absolute atomic E-state index is 11.1. The number of hydrogen-bond acceptors (Lipinski definition) is 4. The number of benzene rings is 1. The summed E-state index contributed by atoms with van der Waals surface area (Å²) in [6, 6.07) is 6.20. The van der Waals surface area contributed by atoms with Gasteiger partial charge in [0.25, 0.3) is 0 Å². The summed E-state index contributed by atoms with van der Waals surface area (Å²) in [6.07, 6.45) is 1.27. The zero-order valence-electron chi connectivity index (χ0n) is 11.5. The van der Waals surface area contributed by atoms with Gasteiger partial charge in [-0.25, -0.2) is 8.42 Å². The van der Waals surface area contributed by atoms with E-state index in [9.17, 15) is 8.42 Å². The molecule has 0 amide bonds. The smallest absolute Gasteiger partial charge is 0.149 e. The van der Waals surface area contributed by atoms with E-state index in [1.165, 1.54) is 17.4 Å². The Labute approximate surface area is 110 Å². The van der Waals surface area contributed by atoms with Gasteiger partial charge in [-0.3, -0.25) is 0 Å². The molecule has 4 nitrogen and oxygen atoms in total.